The van der Waals surface area contributed by atoms with Gasteiger partial charge in [0.2, 0.25) is 5.91 Å². The summed E-state index contributed by atoms with van der Waals surface area (Å²) < 4.78 is 5.71. The van der Waals surface area contributed by atoms with E-state index in [1.54, 1.807) is 0 Å². The van der Waals surface area contributed by atoms with E-state index in [-0.39, 0.29) is 5.91 Å². The molecule has 16 heavy (non-hydrogen) atoms. The molecule has 5 heteroatoms. The zero-order valence-corrected chi connectivity index (χ0v) is 9.44. The molecule has 1 heterocycles. The van der Waals surface area contributed by atoms with Gasteiger partial charge in [-0.2, -0.15) is 0 Å². The van der Waals surface area contributed by atoms with Crippen molar-refractivity contribution in [1.82, 2.24) is 4.90 Å². The molecule has 0 aromatic heterocycles. The monoisotopic (exact) mass is 227 g/mol. The Morgan fingerprint density at radius 3 is 2.50 bits per heavy atom. The van der Waals surface area contributed by atoms with Crippen molar-refractivity contribution in [2.45, 2.75) is 44.2 Å². The van der Waals surface area contributed by atoms with Crippen molar-refractivity contribution >= 4 is 11.9 Å². The molecule has 2 rings (SSSR count). The zero-order chi connectivity index (χ0) is 11.8. The minimum atomic E-state index is -0.947. The Labute approximate surface area is 94.4 Å². The second-order valence-corrected chi connectivity index (χ2v) is 4.57. The van der Waals surface area contributed by atoms with Crippen molar-refractivity contribution in [3.63, 3.8) is 0 Å². The Balaban J connectivity index is 2.30. The summed E-state index contributed by atoms with van der Waals surface area (Å²) >= 11 is 0. The van der Waals surface area contributed by atoms with Gasteiger partial charge in [0, 0.05) is 13.5 Å². The van der Waals surface area contributed by atoms with E-state index in [0.717, 1.165) is 25.7 Å². The molecule has 1 atom stereocenters. The van der Waals surface area contributed by atoms with Gasteiger partial charge >= 0.3 is 5.97 Å². The molecular weight excluding hydrogens is 210 g/mol. The van der Waals surface area contributed by atoms with Crippen LogP contribution in [-0.4, -0.2) is 46.7 Å². The molecule has 0 bridgehead atoms. The Morgan fingerprint density at radius 1 is 1.38 bits per heavy atom. The highest BCUT2D eigenvalue weighted by molar-refractivity contribution is 5.83. The van der Waals surface area contributed by atoms with E-state index in [1.807, 2.05) is 0 Å². The number of morpholine rings is 1. The first kappa shape index (κ1) is 11.4. The van der Waals surface area contributed by atoms with Crippen molar-refractivity contribution in [2.24, 2.45) is 0 Å². The minimum absolute atomic E-state index is 0.179. The van der Waals surface area contributed by atoms with Crippen LogP contribution >= 0.6 is 0 Å². The van der Waals surface area contributed by atoms with Crippen LogP contribution in [0.15, 0.2) is 0 Å². The molecule has 2 aliphatic rings. The number of carbonyl (C=O) groups is 2. The third-order valence-electron chi connectivity index (χ3n) is 3.62. The average Bonchev–Trinajstić information content (AvgIpc) is 2.65. The SMILES string of the molecule is CC(=O)N1CCOC2(CCCC2)C1C(=O)O. The van der Waals surface area contributed by atoms with Crippen molar-refractivity contribution in [2.75, 3.05) is 13.2 Å². The Morgan fingerprint density at radius 2 is 2.00 bits per heavy atom. The van der Waals surface area contributed by atoms with E-state index in [1.165, 1.54) is 11.8 Å². The summed E-state index contributed by atoms with van der Waals surface area (Å²) in [6.45, 7) is 2.25. The first-order chi connectivity index (χ1) is 7.57. The summed E-state index contributed by atoms with van der Waals surface area (Å²) in [5.74, 6) is -1.13. The molecule has 1 unspecified atom stereocenters. The standard InChI is InChI=1S/C11H17NO4/c1-8(13)12-6-7-16-11(4-2-3-5-11)9(12)10(14)15/h9H,2-7H2,1H3,(H,14,15). The highest BCUT2D eigenvalue weighted by atomic mass is 16.5. The van der Waals surface area contributed by atoms with Gasteiger partial charge in [-0.25, -0.2) is 4.79 Å². The maximum absolute atomic E-state index is 11.5. The molecule has 1 saturated heterocycles. The molecule has 90 valence electrons. The predicted octanol–water partition coefficient (Wildman–Crippen LogP) is 0.631. The number of amides is 1. The largest absolute Gasteiger partial charge is 0.480 e. The van der Waals surface area contributed by atoms with E-state index >= 15 is 0 Å². The van der Waals surface area contributed by atoms with Gasteiger partial charge in [0.15, 0.2) is 6.04 Å². The number of carboxylic acids is 1. The zero-order valence-electron chi connectivity index (χ0n) is 9.44. The van der Waals surface area contributed by atoms with Crippen LogP contribution in [0, 0.1) is 0 Å². The molecule has 1 N–H and O–H groups in total. The lowest BCUT2D eigenvalue weighted by Crippen LogP contribution is -2.63. The summed E-state index contributed by atoms with van der Waals surface area (Å²) in [7, 11) is 0. The van der Waals surface area contributed by atoms with Crippen molar-refractivity contribution in [3.05, 3.63) is 0 Å². The van der Waals surface area contributed by atoms with Crippen molar-refractivity contribution < 1.29 is 19.4 Å². The van der Waals surface area contributed by atoms with Gasteiger partial charge in [-0.15, -0.1) is 0 Å². The van der Waals surface area contributed by atoms with Crippen LogP contribution in [0.2, 0.25) is 0 Å². The van der Waals surface area contributed by atoms with Crippen LogP contribution in [0.1, 0.15) is 32.6 Å². The van der Waals surface area contributed by atoms with Crippen molar-refractivity contribution in [3.8, 4) is 0 Å². The molecule has 1 amide bonds. The summed E-state index contributed by atoms with van der Waals surface area (Å²) in [6, 6.07) is -0.804. The van der Waals surface area contributed by atoms with Gasteiger partial charge in [-0.3, -0.25) is 4.79 Å². The molecule has 1 saturated carbocycles. The summed E-state index contributed by atoms with van der Waals surface area (Å²) in [4.78, 5) is 24.3. The number of carbonyl (C=O) groups excluding carboxylic acids is 1. The lowest BCUT2D eigenvalue weighted by Gasteiger charge is -2.45. The van der Waals surface area contributed by atoms with Crippen LogP contribution < -0.4 is 0 Å². The lowest BCUT2D eigenvalue weighted by molar-refractivity contribution is -0.183. The second-order valence-electron chi connectivity index (χ2n) is 4.57. The van der Waals surface area contributed by atoms with Crippen LogP contribution in [0.3, 0.4) is 0 Å². The Kier molecular flexibility index (Phi) is 2.88. The first-order valence-electron chi connectivity index (χ1n) is 5.71. The highest BCUT2D eigenvalue weighted by Crippen LogP contribution is 2.40. The topological polar surface area (TPSA) is 66.8 Å². The van der Waals surface area contributed by atoms with Crippen LogP contribution in [-0.2, 0) is 14.3 Å². The molecule has 0 radical (unpaired) electrons. The van der Waals surface area contributed by atoms with E-state index in [4.69, 9.17) is 4.74 Å². The number of carboxylic acid groups (broad SMARTS) is 1. The number of nitrogens with zero attached hydrogens (tertiary/aromatic N) is 1. The van der Waals surface area contributed by atoms with E-state index in [9.17, 15) is 14.7 Å². The van der Waals surface area contributed by atoms with Gasteiger partial charge in [0.25, 0.3) is 0 Å². The van der Waals surface area contributed by atoms with E-state index < -0.39 is 17.6 Å². The van der Waals surface area contributed by atoms with E-state index in [2.05, 4.69) is 0 Å². The van der Waals surface area contributed by atoms with E-state index in [0.29, 0.717) is 13.2 Å². The second kappa shape index (κ2) is 4.05. The predicted molar refractivity (Wildman–Crippen MR) is 56.0 cm³/mol. The normalized spacial score (nSPS) is 28.3. The molecular formula is C11H17NO4. The maximum Gasteiger partial charge on any atom is 0.329 e. The fraction of sp³-hybridized carbons (Fsp3) is 0.818. The Bertz CT molecular complexity index is 309. The fourth-order valence-corrected chi connectivity index (χ4v) is 2.93. The molecule has 1 aliphatic carbocycles. The maximum atomic E-state index is 11.5. The van der Waals surface area contributed by atoms with Gasteiger partial charge in [-0.1, -0.05) is 12.8 Å². The highest BCUT2D eigenvalue weighted by Gasteiger charge is 2.52. The summed E-state index contributed by atoms with van der Waals surface area (Å²) in [5, 5.41) is 9.31. The number of rotatable bonds is 1. The first-order valence-corrected chi connectivity index (χ1v) is 5.71. The number of aliphatic carboxylic acids is 1. The van der Waals surface area contributed by atoms with Gasteiger partial charge in [0.1, 0.15) is 0 Å². The number of hydrogen-bond donors (Lipinski definition) is 1. The molecule has 1 aliphatic heterocycles. The van der Waals surface area contributed by atoms with Gasteiger partial charge < -0.3 is 14.7 Å². The fourth-order valence-electron chi connectivity index (χ4n) is 2.93. The van der Waals surface area contributed by atoms with Gasteiger partial charge in [-0.05, 0) is 12.8 Å². The quantitative estimate of drug-likeness (QED) is 0.713. The Hall–Kier alpha value is -1.10. The smallest absolute Gasteiger partial charge is 0.329 e. The van der Waals surface area contributed by atoms with Crippen LogP contribution in [0.25, 0.3) is 0 Å². The number of hydrogen-bond acceptors (Lipinski definition) is 3. The molecule has 0 aromatic rings. The third kappa shape index (κ3) is 1.69. The van der Waals surface area contributed by atoms with Gasteiger partial charge in [0.05, 0.1) is 12.2 Å². The number of ether oxygens (including phenoxy) is 1. The summed E-state index contributed by atoms with van der Waals surface area (Å²) in [6.07, 6.45) is 3.45. The third-order valence-corrected chi connectivity index (χ3v) is 3.62. The lowest BCUT2D eigenvalue weighted by atomic mass is 9.89. The molecule has 2 fully saturated rings. The average molecular weight is 227 g/mol. The van der Waals surface area contributed by atoms with Crippen LogP contribution in [0.4, 0.5) is 0 Å². The summed E-state index contributed by atoms with van der Waals surface area (Å²) in [5.41, 5.74) is -0.629. The molecule has 0 aromatic carbocycles. The van der Waals surface area contributed by atoms with Crippen molar-refractivity contribution in [1.29, 1.82) is 0 Å². The molecule has 1 spiro atoms. The minimum Gasteiger partial charge on any atom is -0.480 e. The van der Waals surface area contributed by atoms with Crippen LogP contribution in [0.5, 0.6) is 0 Å². The molecule has 5 nitrogen and oxygen atoms in total.